The summed E-state index contributed by atoms with van der Waals surface area (Å²) < 4.78 is 5.13. The second kappa shape index (κ2) is 6.54. The standard InChI is InChI=1S/C16H21N3O2/c1-10(15-11(2)19-21-12(15)3)18-16(20)14-6-4-13(5-7-14)8-9-17/h4-7,10H,8-9,17H2,1-3H3,(H,18,20). The van der Waals surface area contributed by atoms with Gasteiger partial charge >= 0.3 is 0 Å². The maximum Gasteiger partial charge on any atom is 0.251 e. The minimum absolute atomic E-state index is 0.109. The molecule has 0 saturated carbocycles. The molecule has 1 heterocycles. The maximum absolute atomic E-state index is 12.3. The summed E-state index contributed by atoms with van der Waals surface area (Å²) in [6.07, 6.45) is 0.817. The molecule has 21 heavy (non-hydrogen) atoms. The predicted octanol–water partition coefficient (Wildman–Crippen LogP) is 2.28. The van der Waals surface area contributed by atoms with E-state index in [0.29, 0.717) is 12.1 Å². The van der Waals surface area contributed by atoms with Gasteiger partial charge < -0.3 is 15.6 Å². The lowest BCUT2D eigenvalue weighted by atomic mass is 10.1. The molecular formula is C16H21N3O2. The van der Waals surface area contributed by atoms with Gasteiger partial charge in [-0.1, -0.05) is 17.3 Å². The smallest absolute Gasteiger partial charge is 0.251 e. The Bertz CT molecular complexity index is 597. The highest BCUT2D eigenvalue weighted by molar-refractivity contribution is 5.94. The monoisotopic (exact) mass is 287 g/mol. The van der Waals surface area contributed by atoms with Crippen molar-refractivity contribution in [1.82, 2.24) is 10.5 Å². The number of aryl methyl sites for hydroxylation is 2. The fourth-order valence-corrected chi connectivity index (χ4v) is 2.45. The third kappa shape index (κ3) is 3.49. The van der Waals surface area contributed by atoms with Gasteiger partial charge in [0.1, 0.15) is 5.76 Å². The molecular weight excluding hydrogens is 266 g/mol. The Morgan fingerprint density at radius 3 is 2.52 bits per heavy atom. The van der Waals surface area contributed by atoms with Crippen LogP contribution in [0.5, 0.6) is 0 Å². The summed E-state index contributed by atoms with van der Waals surface area (Å²) in [5.41, 5.74) is 9.02. The van der Waals surface area contributed by atoms with Crippen LogP contribution in [0.4, 0.5) is 0 Å². The lowest BCUT2D eigenvalue weighted by molar-refractivity contribution is 0.0939. The van der Waals surface area contributed by atoms with Gasteiger partial charge in [0.25, 0.3) is 5.91 Å². The van der Waals surface area contributed by atoms with Crippen LogP contribution in [-0.4, -0.2) is 17.6 Å². The Labute approximate surface area is 124 Å². The van der Waals surface area contributed by atoms with Crippen molar-refractivity contribution in [2.45, 2.75) is 33.2 Å². The van der Waals surface area contributed by atoms with E-state index >= 15 is 0 Å². The molecule has 1 aromatic heterocycles. The van der Waals surface area contributed by atoms with Gasteiger partial charge in [-0.15, -0.1) is 0 Å². The Morgan fingerprint density at radius 1 is 1.33 bits per heavy atom. The zero-order valence-electron chi connectivity index (χ0n) is 12.6. The fourth-order valence-electron chi connectivity index (χ4n) is 2.45. The van der Waals surface area contributed by atoms with Gasteiger partial charge in [-0.05, 0) is 51.4 Å². The molecule has 5 heteroatoms. The molecule has 1 atom stereocenters. The van der Waals surface area contributed by atoms with Crippen LogP contribution in [0.25, 0.3) is 0 Å². The highest BCUT2D eigenvalue weighted by atomic mass is 16.5. The SMILES string of the molecule is Cc1noc(C)c1C(C)NC(=O)c1ccc(CCN)cc1. The Balaban J connectivity index is 2.07. The summed E-state index contributed by atoms with van der Waals surface area (Å²) in [5, 5.41) is 6.88. The highest BCUT2D eigenvalue weighted by Crippen LogP contribution is 2.21. The molecule has 0 aliphatic heterocycles. The Hall–Kier alpha value is -2.14. The highest BCUT2D eigenvalue weighted by Gasteiger charge is 2.18. The normalized spacial score (nSPS) is 12.2. The summed E-state index contributed by atoms with van der Waals surface area (Å²) in [4.78, 5) is 12.3. The molecule has 3 N–H and O–H groups in total. The van der Waals surface area contributed by atoms with Crippen molar-refractivity contribution in [3.05, 3.63) is 52.4 Å². The number of hydrogen-bond donors (Lipinski definition) is 2. The second-order valence-corrected chi connectivity index (χ2v) is 5.17. The molecule has 2 rings (SSSR count). The third-order valence-electron chi connectivity index (χ3n) is 3.52. The molecule has 0 saturated heterocycles. The number of hydrogen-bond acceptors (Lipinski definition) is 4. The number of rotatable bonds is 5. The van der Waals surface area contributed by atoms with Crippen molar-refractivity contribution in [2.75, 3.05) is 6.54 Å². The van der Waals surface area contributed by atoms with Gasteiger partial charge in [0, 0.05) is 11.1 Å². The van der Waals surface area contributed by atoms with Crippen LogP contribution in [0.3, 0.4) is 0 Å². The maximum atomic E-state index is 12.3. The number of carbonyl (C=O) groups excluding carboxylic acids is 1. The largest absolute Gasteiger partial charge is 0.361 e. The summed E-state index contributed by atoms with van der Waals surface area (Å²) in [6, 6.07) is 7.36. The average Bonchev–Trinajstić information content (AvgIpc) is 2.79. The topological polar surface area (TPSA) is 81.2 Å². The van der Waals surface area contributed by atoms with E-state index in [1.807, 2.05) is 45.0 Å². The lowest BCUT2D eigenvalue weighted by Crippen LogP contribution is -2.27. The minimum Gasteiger partial charge on any atom is -0.361 e. The van der Waals surface area contributed by atoms with Crippen molar-refractivity contribution in [3.63, 3.8) is 0 Å². The zero-order valence-corrected chi connectivity index (χ0v) is 12.6. The van der Waals surface area contributed by atoms with Crippen molar-refractivity contribution >= 4 is 5.91 Å². The molecule has 0 fully saturated rings. The Kier molecular flexibility index (Phi) is 4.75. The summed E-state index contributed by atoms with van der Waals surface area (Å²) in [6.45, 7) is 6.25. The number of nitrogens with zero attached hydrogens (tertiary/aromatic N) is 1. The van der Waals surface area contributed by atoms with Crippen molar-refractivity contribution in [2.24, 2.45) is 5.73 Å². The van der Waals surface area contributed by atoms with Crippen LogP contribution in [0.15, 0.2) is 28.8 Å². The van der Waals surface area contributed by atoms with Crippen LogP contribution in [0.2, 0.25) is 0 Å². The molecule has 0 radical (unpaired) electrons. The molecule has 112 valence electrons. The molecule has 1 aromatic carbocycles. The summed E-state index contributed by atoms with van der Waals surface area (Å²) in [5.74, 6) is 0.625. The van der Waals surface area contributed by atoms with Gasteiger partial charge in [-0.25, -0.2) is 0 Å². The lowest BCUT2D eigenvalue weighted by Gasteiger charge is -2.14. The number of nitrogens with two attached hydrogens (primary N) is 1. The molecule has 1 amide bonds. The second-order valence-electron chi connectivity index (χ2n) is 5.17. The molecule has 0 aliphatic carbocycles. The van der Waals surface area contributed by atoms with Crippen molar-refractivity contribution in [3.8, 4) is 0 Å². The first kappa shape index (κ1) is 15.3. The fraction of sp³-hybridized carbons (Fsp3) is 0.375. The van der Waals surface area contributed by atoms with E-state index in [-0.39, 0.29) is 11.9 Å². The molecule has 0 spiro atoms. The summed E-state index contributed by atoms with van der Waals surface area (Å²) >= 11 is 0. The number of carbonyl (C=O) groups is 1. The van der Waals surface area contributed by atoms with Crippen LogP contribution in [0.1, 0.15) is 45.9 Å². The summed E-state index contributed by atoms with van der Waals surface area (Å²) in [7, 11) is 0. The first-order valence-corrected chi connectivity index (χ1v) is 7.05. The number of benzene rings is 1. The van der Waals surface area contributed by atoms with E-state index < -0.39 is 0 Å². The quantitative estimate of drug-likeness (QED) is 0.884. The van der Waals surface area contributed by atoms with Gasteiger partial charge in [-0.2, -0.15) is 0 Å². The molecule has 0 bridgehead atoms. The van der Waals surface area contributed by atoms with E-state index in [9.17, 15) is 4.79 Å². The van der Waals surface area contributed by atoms with E-state index in [0.717, 1.165) is 29.0 Å². The van der Waals surface area contributed by atoms with E-state index in [4.69, 9.17) is 10.3 Å². The van der Waals surface area contributed by atoms with Crippen LogP contribution in [-0.2, 0) is 6.42 Å². The van der Waals surface area contributed by atoms with E-state index in [2.05, 4.69) is 10.5 Å². The van der Waals surface area contributed by atoms with Gasteiger partial charge in [-0.3, -0.25) is 4.79 Å². The number of nitrogens with one attached hydrogen (secondary N) is 1. The molecule has 5 nitrogen and oxygen atoms in total. The minimum atomic E-state index is -0.146. The van der Waals surface area contributed by atoms with Crippen LogP contribution < -0.4 is 11.1 Å². The third-order valence-corrected chi connectivity index (χ3v) is 3.52. The van der Waals surface area contributed by atoms with Gasteiger partial charge in [0.15, 0.2) is 0 Å². The van der Waals surface area contributed by atoms with Gasteiger partial charge in [0.05, 0.1) is 11.7 Å². The van der Waals surface area contributed by atoms with Gasteiger partial charge in [0.2, 0.25) is 0 Å². The van der Waals surface area contributed by atoms with Crippen molar-refractivity contribution in [1.29, 1.82) is 0 Å². The molecule has 2 aromatic rings. The predicted molar refractivity (Wildman–Crippen MR) is 81.1 cm³/mol. The Morgan fingerprint density at radius 2 is 2.00 bits per heavy atom. The van der Waals surface area contributed by atoms with Crippen molar-refractivity contribution < 1.29 is 9.32 Å². The molecule has 1 unspecified atom stereocenters. The first-order valence-electron chi connectivity index (χ1n) is 7.05. The van der Waals surface area contributed by atoms with E-state index in [1.165, 1.54) is 0 Å². The van der Waals surface area contributed by atoms with Crippen LogP contribution >= 0.6 is 0 Å². The zero-order chi connectivity index (χ0) is 15.4. The average molecular weight is 287 g/mol. The number of aromatic nitrogens is 1. The molecule has 0 aliphatic rings. The first-order chi connectivity index (χ1) is 10.0. The van der Waals surface area contributed by atoms with E-state index in [1.54, 1.807) is 0 Å². The van der Waals surface area contributed by atoms with Crippen LogP contribution in [0, 0.1) is 13.8 Å². The number of amides is 1.